The fraction of sp³-hybridized carbons (Fsp3) is 0.214. The summed E-state index contributed by atoms with van der Waals surface area (Å²) in [7, 11) is 0. The molecule has 3 N–H and O–H groups in total. The van der Waals surface area contributed by atoms with Gasteiger partial charge in [0.2, 0.25) is 5.91 Å². The Bertz CT molecular complexity index is 586. The molecule has 1 atom stereocenters. The molecule has 1 aromatic heterocycles. The second-order valence-electron chi connectivity index (χ2n) is 4.33. The average Bonchev–Trinajstić information content (AvgIpc) is 2.93. The number of aromatic hydroxyl groups is 1. The van der Waals surface area contributed by atoms with Crippen LogP contribution in [0.1, 0.15) is 17.2 Å². The highest BCUT2D eigenvalue weighted by molar-refractivity contribution is 7.07. The van der Waals surface area contributed by atoms with Gasteiger partial charge in [0.15, 0.2) is 0 Å². The van der Waals surface area contributed by atoms with Crippen LogP contribution in [-0.2, 0) is 11.2 Å². The predicted molar refractivity (Wildman–Crippen MR) is 79.1 cm³/mol. The topological polar surface area (TPSA) is 69.6 Å². The van der Waals surface area contributed by atoms with Crippen molar-refractivity contribution in [2.24, 2.45) is 0 Å². The van der Waals surface area contributed by atoms with E-state index in [1.54, 1.807) is 6.07 Å². The van der Waals surface area contributed by atoms with Gasteiger partial charge in [-0.1, -0.05) is 17.7 Å². The number of hydrogen-bond donors (Lipinski definition) is 3. The lowest BCUT2D eigenvalue weighted by Crippen LogP contribution is -2.29. The molecule has 1 aromatic carbocycles. The molecular weight excluding hydrogens is 298 g/mol. The van der Waals surface area contributed by atoms with E-state index < -0.39 is 6.10 Å². The Morgan fingerprint density at radius 3 is 2.85 bits per heavy atom. The molecular formula is C14H14ClNO3S. The van der Waals surface area contributed by atoms with Crippen LogP contribution < -0.4 is 5.32 Å². The molecule has 1 heterocycles. The van der Waals surface area contributed by atoms with E-state index in [9.17, 15) is 15.0 Å². The monoisotopic (exact) mass is 311 g/mol. The first kappa shape index (κ1) is 14.8. The predicted octanol–water partition coefficient (Wildman–Crippen LogP) is 2.50. The number of halogens is 1. The Hall–Kier alpha value is -1.56. The highest BCUT2D eigenvalue weighted by Crippen LogP contribution is 2.22. The lowest BCUT2D eigenvalue weighted by molar-refractivity contribution is -0.120. The van der Waals surface area contributed by atoms with Crippen molar-refractivity contribution < 1.29 is 15.0 Å². The van der Waals surface area contributed by atoms with E-state index >= 15 is 0 Å². The SMILES string of the molecule is O=C(Cc1ccc(O)cc1Cl)NCC(O)c1ccsc1. The zero-order chi connectivity index (χ0) is 14.5. The second-order valence-corrected chi connectivity index (χ2v) is 5.52. The first-order valence-electron chi connectivity index (χ1n) is 6.00. The Kier molecular flexibility index (Phi) is 5.00. The average molecular weight is 312 g/mol. The van der Waals surface area contributed by atoms with Crippen LogP contribution >= 0.6 is 22.9 Å². The Morgan fingerprint density at radius 2 is 2.20 bits per heavy atom. The van der Waals surface area contributed by atoms with Gasteiger partial charge in [0, 0.05) is 11.6 Å². The number of carbonyl (C=O) groups excluding carboxylic acids is 1. The molecule has 0 spiro atoms. The number of thiophene rings is 1. The van der Waals surface area contributed by atoms with Gasteiger partial charge in [-0.25, -0.2) is 0 Å². The molecule has 0 aliphatic carbocycles. The van der Waals surface area contributed by atoms with Gasteiger partial charge in [0.1, 0.15) is 5.75 Å². The molecule has 106 valence electrons. The van der Waals surface area contributed by atoms with Gasteiger partial charge in [-0.3, -0.25) is 4.79 Å². The van der Waals surface area contributed by atoms with Crippen molar-refractivity contribution in [2.45, 2.75) is 12.5 Å². The van der Waals surface area contributed by atoms with Crippen molar-refractivity contribution in [1.29, 1.82) is 0 Å². The summed E-state index contributed by atoms with van der Waals surface area (Å²) in [4.78, 5) is 11.8. The van der Waals surface area contributed by atoms with E-state index in [-0.39, 0.29) is 24.6 Å². The van der Waals surface area contributed by atoms with Gasteiger partial charge in [-0.15, -0.1) is 0 Å². The molecule has 0 radical (unpaired) electrons. The number of nitrogens with one attached hydrogen (secondary N) is 1. The highest BCUT2D eigenvalue weighted by Gasteiger charge is 2.11. The molecule has 20 heavy (non-hydrogen) atoms. The third-order valence-electron chi connectivity index (χ3n) is 2.81. The summed E-state index contributed by atoms with van der Waals surface area (Å²) in [5, 5.41) is 25.8. The number of amides is 1. The van der Waals surface area contributed by atoms with E-state index in [2.05, 4.69) is 5.32 Å². The van der Waals surface area contributed by atoms with E-state index in [0.29, 0.717) is 10.6 Å². The van der Waals surface area contributed by atoms with E-state index in [1.807, 2.05) is 16.8 Å². The first-order chi connectivity index (χ1) is 9.56. The lowest BCUT2D eigenvalue weighted by Gasteiger charge is -2.11. The molecule has 0 aliphatic heterocycles. The lowest BCUT2D eigenvalue weighted by atomic mass is 10.1. The van der Waals surface area contributed by atoms with Gasteiger partial charge < -0.3 is 15.5 Å². The maximum Gasteiger partial charge on any atom is 0.224 e. The standard InChI is InChI=1S/C14H14ClNO3S/c15-12-6-11(17)2-1-9(12)5-14(19)16-7-13(18)10-3-4-20-8-10/h1-4,6,8,13,17-18H,5,7H2,(H,16,19). The van der Waals surface area contributed by atoms with Gasteiger partial charge in [0.05, 0.1) is 12.5 Å². The van der Waals surface area contributed by atoms with Crippen LogP contribution in [0, 0.1) is 0 Å². The fourth-order valence-corrected chi connectivity index (χ4v) is 2.66. The molecule has 0 saturated carbocycles. The van der Waals surface area contributed by atoms with Crippen LogP contribution in [0.15, 0.2) is 35.0 Å². The molecule has 0 saturated heterocycles. The quantitative estimate of drug-likeness (QED) is 0.794. The number of aliphatic hydroxyl groups excluding tert-OH is 1. The van der Waals surface area contributed by atoms with Gasteiger partial charge >= 0.3 is 0 Å². The molecule has 1 amide bonds. The molecule has 1 unspecified atom stereocenters. The molecule has 6 heteroatoms. The third kappa shape index (κ3) is 3.96. The number of benzene rings is 1. The summed E-state index contributed by atoms with van der Waals surface area (Å²) in [6.07, 6.45) is -0.601. The third-order valence-corrected chi connectivity index (χ3v) is 3.86. The molecule has 0 fully saturated rings. The summed E-state index contributed by atoms with van der Waals surface area (Å²) in [5.41, 5.74) is 1.42. The minimum Gasteiger partial charge on any atom is -0.508 e. The van der Waals surface area contributed by atoms with Crippen LogP contribution in [-0.4, -0.2) is 22.7 Å². The van der Waals surface area contributed by atoms with Crippen molar-refractivity contribution in [3.8, 4) is 5.75 Å². The summed E-state index contributed by atoms with van der Waals surface area (Å²) in [6, 6.07) is 6.30. The Labute approximate surface area is 125 Å². The van der Waals surface area contributed by atoms with E-state index in [0.717, 1.165) is 5.56 Å². The number of aliphatic hydroxyl groups is 1. The number of phenolic OH excluding ortho intramolecular Hbond substituents is 1. The van der Waals surface area contributed by atoms with Crippen LogP contribution in [0.4, 0.5) is 0 Å². The van der Waals surface area contributed by atoms with E-state index in [4.69, 9.17) is 11.6 Å². The summed E-state index contributed by atoms with van der Waals surface area (Å²) >= 11 is 7.42. The number of carbonyl (C=O) groups is 1. The number of phenols is 1. The van der Waals surface area contributed by atoms with Gasteiger partial charge in [-0.2, -0.15) is 11.3 Å². The smallest absolute Gasteiger partial charge is 0.224 e. The van der Waals surface area contributed by atoms with Crippen molar-refractivity contribution in [3.05, 3.63) is 51.2 Å². The largest absolute Gasteiger partial charge is 0.508 e. The van der Waals surface area contributed by atoms with Crippen molar-refractivity contribution >= 4 is 28.8 Å². The zero-order valence-electron chi connectivity index (χ0n) is 10.5. The fourth-order valence-electron chi connectivity index (χ4n) is 1.71. The van der Waals surface area contributed by atoms with Gasteiger partial charge in [-0.05, 0) is 40.1 Å². The van der Waals surface area contributed by atoms with Crippen LogP contribution in [0.25, 0.3) is 0 Å². The Morgan fingerprint density at radius 1 is 1.40 bits per heavy atom. The highest BCUT2D eigenvalue weighted by atomic mass is 35.5. The summed E-state index contributed by atoms with van der Waals surface area (Å²) < 4.78 is 0. The van der Waals surface area contributed by atoms with Gasteiger partial charge in [0.25, 0.3) is 0 Å². The maximum atomic E-state index is 11.8. The molecule has 0 bridgehead atoms. The first-order valence-corrected chi connectivity index (χ1v) is 7.32. The summed E-state index contributed by atoms with van der Waals surface area (Å²) in [5.74, 6) is -0.168. The number of hydrogen-bond acceptors (Lipinski definition) is 4. The minimum atomic E-state index is -0.708. The maximum absolute atomic E-state index is 11.8. The molecule has 0 aliphatic rings. The normalized spacial score (nSPS) is 12.1. The molecule has 4 nitrogen and oxygen atoms in total. The van der Waals surface area contributed by atoms with Crippen molar-refractivity contribution in [3.63, 3.8) is 0 Å². The van der Waals surface area contributed by atoms with Crippen LogP contribution in [0.5, 0.6) is 5.75 Å². The summed E-state index contributed by atoms with van der Waals surface area (Å²) in [6.45, 7) is 0.158. The Balaban J connectivity index is 1.86. The molecule has 2 rings (SSSR count). The second kappa shape index (κ2) is 6.74. The molecule has 2 aromatic rings. The minimum absolute atomic E-state index is 0.0621. The zero-order valence-corrected chi connectivity index (χ0v) is 12.1. The van der Waals surface area contributed by atoms with Crippen LogP contribution in [0.2, 0.25) is 5.02 Å². The van der Waals surface area contributed by atoms with Crippen LogP contribution in [0.3, 0.4) is 0 Å². The van der Waals surface area contributed by atoms with Crippen molar-refractivity contribution in [2.75, 3.05) is 6.54 Å². The number of rotatable bonds is 5. The van der Waals surface area contributed by atoms with E-state index in [1.165, 1.54) is 23.5 Å². The van der Waals surface area contributed by atoms with Crippen molar-refractivity contribution in [1.82, 2.24) is 5.32 Å².